The van der Waals surface area contributed by atoms with Crippen LogP contribution in [0.2, 0.25) is 0 Å². The fourth-order valence-electron chi connectivity index (χ4n) is 4.07. The molecule has 0 bridgehead atoms. The molecule has 4 atom stereocenters. The molecule has 0 spiro atoms. The number of hydrogen-bond acceptors (Lipinski definition) is 6. The molecule has 166 valence electrons. The maximum absolute atomic E-state index is 13.0. The number of carbonyl (C=O) groups excluding carboxylic acids is 1. The number of ether oxygens (including phenoxy) is 3. The second kappa shape index (κ2) is 8.51. The lowest BCUT2D eigenvalue weighted by atomic mass is 10.1. The number of rotatable bonds is 5. The van der Waals surface area contributed by atoms with Crippen LogP contribution < -0.4 is 10.0 Å². The van der Waals surface area contributed by atoms with Gasteiger partial charge in [0, 0.05) is 5.69 Å². The number of benzene rings is 3. The van der Waals surface area contributed by atoms with E-state index in [1.807, 2.05) is 30.3 Å². The van der Waals surface area contributed by atoms with Crippen molar-refractivity contribution in [3.8, 4) is 0 Å². The van der Waals surface area contributed by atoms with Crippen LogP contribution in [0.25, 0.3) is 10.8 Å². The van der Waals surface area contributed by atoms with Crippen LogP contribution in [0.4, 0.5) is 10.5 Å². The summed E-state index contributed by atoms with van der Waals surface area (Å²) < 4.78 is 45.6. The highest BCUT2D eigenvalue weighted by Gasteiger charge is 2.50. The van der Waals surface area contributed by atoms with E-state index in [2.05, 4.69) is 10.0 Å². The molecule has 3 aromatic rings. The molecule has 32 heavy (non-hydrogen) atoms. The van der Waals surface area contributed by atoms with Crippen molar-refractivity contribution in [1.29, 1.82) is 0 Å². The number of carbonyl (C=O) groups is 1. The smallest absolute Gasteiger partial charge is 0.412 e. The van der Waals surface area contributed by atoms with E-state index in [4.69, 9.17) is 14.2 Å². The minimum absolute atomic E-state index is 0.127. The van der Waals surface area contributed by atoms with Gasteiger partial charge in [0.15, 0.2) is 6.10 Å². The van der Waals surface area contributed by atoms with Crippen LogP contribution in [-0.2, 0) is 24.2 Å². The molecule has 0 radical (unpaired) electrons. The second-order valence-electron chi connectivity index (χ2n) is 7.77. The number of amides is 1. The molecule has 0 unspecified atom stereocenters. The van der Waals surface area contributed by atoms with Gasteiger partial charge in [0.2, 0.25) is 10.0 Å². The van der Waals surface area contributed by atoms with Crippen molar-refractivity contribution in [2.75, 3.05) is 18.5 Å². The molecular formula is C23H22N2O6S. The van der Waals surface area contributed by atoms with Crippen LogP contribution in [0, 0.1) is 0 Å². The number of hydrogen-bond donors (Lipinski definition) is 2. The van der Waals surface area contributed by atoms with E-state index < -0.39 is 40.5 Å². The molecule has 2 aliphatic heterocycles. The zero-order chi connectivity index (χ0) is 22.1. The molecule has 2 aliphatic rings. The highest BCUT2D eigenvalue weighted by Crippen LogP contribution is 2.30. The Hall–Kier alpha value is -2.98. The topological polar surface area (TPSA) is 103 Å². The number of para-hydroxylation sites is 1. The minimum atomic E-state index is -3.79. The number of anilines is 1. The molecule has 5 rings (SSSR count). The van der Waals surface area contributed by atoms with Crippen molar-refractivity contribution in [2.24, 2.45) is 0 Å². The SMILES string of the molecule is O=C(Nc1ccccc1)O[C@@H]1CO[C@H]2[C@@H]1OC[C@@H]2NS(=O)(=O)c1ccc2ccccc2c1. The normalized spacial score (nSPS) is 24.9. The molecule has 3 aromatic carbocycles. The minimum Gasteiger partial charge on any atom is -0.441 e. The summed E-state index contributed by atoms with van der Waals surface area (Å²) in [5.41, 5.74) is 0.612. The molecule has 0 aliphatic carbocycles. The third-order valence-electron chi connectivity index (χ3n) is 5.62. The summed E-state index contributed by atoms with van der Waals surface area (Å²) in [7, 11) is -3.79. The Morgan fingerprint density at radius 2 is 1.59 bits per heavy atom. The molecule has 9 heteroatoms. The predicted molar refractivity (Wildman–Crippen MR) is 118 cm³/mol. The first-order valence-electron chi connectivity index (χ1n) is 10.3. The Bertz CT molecular complexity index is 1230. The van der Waals surface area contributed by atoms with Crippen molar-refractivity contribution in [3.63, 3.8) is 0 Å². The standard InChI is InChI=1S/C23H22N2O6S/c26-23(24-17-8-2-1-3-9-17)31-20-14-30-21-19(13-29-22(20)21)25-32(27,28)18-11-10-15-6-4-5-7-16(15)12-18/h1-12,19-22,25H,13-14H2,(H,24,26)/t19-,20+,21+,22+/m0/s1. The van der Waals surface area contributed by atoms with E-state index in [0.29, 0.717) is 5.69 Å². The average Bonchev–Trinajstić information content (AvgIpc) is 3.37. The Balaban J connectivity index is 1.23. The van der Waals surface area contributed by atoms with E-state index in [1.165, 1.54) is 0 Å². The molecule has 2 heterocycles. The second-order valence-corrected chi connectivity index (χ2v) is 9.48. The summed E-state index contributed by atoms with van der Waals surface area (Å²) in [5.74, 6) is 0. The summed E-state index contributed by atoms with van der Waals surface area (Å²) in [6.07, 6.45) is -2.33. The summed E-state index contributed by atoms with van der Waals surface area (Å²) in [6, 6.07) is 20.9. The van der Waals surface area contributed by atoms with Crippen LogP contribution in [-0.4, -0.2) is 52.1 Å². The first-order chi connectivity index (χ1) is 15.5. The molecule has 2 fully saturated rings. The zero-order valence-corrected chi connectivity index (χ0v) is 17.8. The quantitative estimate of drug-likeness (QED) is 0.615. The number of nitrogens with one attached hydrogen (secondary N) is 2. The van der Waals surface area contributed by atoms with Gasteiger partial charge in [-0.1, -0.05) is 48.5 Å². The van der Waals surface area contributed by atoms with Gasteiger partial charge in [-0.2, -0.15) is 0 Å². The first kappa shape index (κ1) is 20.9. The lowest BCUT2D eigenvalue weighted by Crippen LogP contribution is -2.44. The Labute approximate surface area is 185 Å². The van der Waals surface area contributed by atoms with E-state index in [-0.39, 0.29) is 18.1 Å². The van der Waals surface area contributed by atoms with Crippen LogP contribution in [0.15, 0.2) is 77.7 Å². The zero-order valence-electron chi connectivity index (χ0n) is 17.0. The van der Waals surface area contributed by atoms with Crippen molar-refractivity contribution in [3.05, 3.63) is 72.8 Å². The molecule has 2 saturated heterocycles. The van der Waals surface area contributed by atoms with E-state index in [0.717, 1.165) is 10.8 Å². The van der Waals surface area contributed by atoms with E-state index in [1.54, 1.807) is 42.5 Å². The molecular weight excluding hydrogens is 432 g/mol. The van der Waals surface area contributed by atoms with Gasteiger partial charge in [0.05, 0.1) is 24.2 Å². The summed E-state index contributed by atoms with van der Waals surface area (Å²) >= 11 is 0. The van der Waals surface area contributed by atoms with Gasteiger partial charge >= 0.3 is 6.09 Å². The number of sulfonamides is 1. The highest BCUT2D eigenvalue weighted by atomic mass is 32.2. The lowest BCUT2D eigenvalue weighted by molar-refractivity contribution is 0.00883. The Kier molecular flexibility index (Phi) is 5.56. The Morgan fingerprint density at radius 1 is 0.875 bits per heavy atom. The van der Waals surface area contributed by atoms with Gasteiger partial charge in [0.1, 0.15) is 12.2 Å². The van der Waals surface area contributed by atoms with Crippen molar-refractivity contribution < 1.29 is 27.4 Å². The highest BCUT2D eigenvalue weighted by molar-refractivity contribution is 7.89. The summed E-state index contributed by atoms with van der Waals surface area (Å²) in [4.78, 5) is 12.4. The van der Waals surface area contributed by atoms with Crippen molar-refractivity contribution >= 4 is 32.6 Å². The van der Waals surface area contributed by atoms with Gasteiger partial charge in [0.25, 0.3) is 0 Å². The van der Waals surface area contributed by atoms with Crippen LogP contribution in [0.3, 0.4) is 0 Å². The van der Waals surface area contributed by atoms with Gasteiger partial charge in [-0.15, -0.1) is 0 Å². The maximum Gasteiger partial charge on any atom is 0.412 e. The lowest BCUT2D eigenvalue weighted by Gasteiger charge is -2.18. The average molecular weight is 455 g/mol. The monoisotopic (exact) mass is 454 g/mol. The molecule has 1 amide bonds. The van der Waals surface area contributed by atoms with Gasteiger partial charge < -0.3 is 14.2 Å². The third kappa shape index (κ3) is 4.20. The van der Waals surface area contributed by atoms with E-state index in [9.17, 15) is 13.2 Å². The first-order valence-corrected chi connectivity index (χ1v) is 11.7. The predicted octanol–water partition coefficient (Wildman–Crippen LogP) is 2.90. The van der Waals surface area contributed by atoms with Crippen LogP contribution in [0.1, 0.15) is 0 Å². The molecule has 2 N–H and O–H groups in total. The number of fused-ring (bicyclic) bond motifs is 2. The third-order valence-corrected chi connectivity index (χ3v) is 7.11. The molecule has 0 aromatic heterocycles. The van der Waals surface area contributed by atoms with Gasteiger partial charge in [-0.25, -0.2) is 17.9 Å². The van der Waals surface area contributed by atoms with E-state index >= 15 is 0 Å². The largest absolute Gasteiger partial charge is 0.441 e. The van der Waals surface area contributed by atoms with Gasteiger partial charge in [-0.05, 0) is 35.0 Å². The summed E-state index contributed by atoms with van der Waals surface area (Å²) in [6.45, 7) is 0.258. The fourth-order valence-corrected chi connectivity index (χ4v) is 5.34. The molecule has 0 saturated carbocycles. The maximum atomic E-state index is 13.0. The summed E-state index contributed by atoms with van der Waals surface area (Å²) in [5, 5.41) is 4.45. The van der Waals surface area contributed by atoms with Crippen molar-refractivity contribution in [2.45, 2.75) is 29.2 Å². The van der Waals surface area contributed by atoms with Gasteiger partial charge in [-0.3, -0.25) is 5.32 Å². The van der Waals surface area contributed by atoms with Crippen molar-refractivity contribution in [1.82, 2.24) is 4.72 Å². The van der Waals surface area contributed by atoms with Crippen LogP contribution in [0.5, 0.6) is 0 Å². The Morgan fingerprint density at radius 3 is 2.41 bits per heavy atom. The molecule has 8 nitrogen and oxygen atoms in total. The van der Waals surface area contributed by atoms with Crippen LogP contribution >= 0.6 is 0 Å². The fraction of sp³-hybridized carbons (Fsp3) is 0.261.